The number of likely N-dealkylation sites (tertiary alicyclic amines) is 1. The third-order valence-electron chi connectivity index (χ3n) is 5.75. The molecule has 0 saturated carbocycles. The first-order valence-electron chi connectivity index (χ1n) is 11.5. The van der Waals surface area contributed by atoms with E-state index in [1.807, 2.05) is 42.6 Å². The van der Waals surface area contributed by atoms with Gasteiger partial charge in [0.25, 0.3) is 0 Å². The lowest BCUT2D eigenvalue weighted by atomic mass is 9.94. The van der Waals surface area contributed by atoms with Crippen LogP contribution in [-0.4, -0.2) is 46.1 Å². The standard InChI is InChI=1S/C26H25N5O2S3/c1-33-26(32)31-13-10-18(11-14-31)21-17-34-25(29-21)30-24-22(35-19-7-3-2-4-8-19)15-20(16-28-24)36-23-9-5-6-12-27-23/h2-9,12,15-18H,10-11,13-14H2,1H3,(H,28,29,30). The van der Waals surface area contributed by atoms with Crippen LogP contribution in [0.5, 0.6) is 0 Å². The highest BCUT2D eigenvalue weighted by molar-refractivity contribution is 8.00. The summed E-state index contributed by atoms with van der Waals surface area (Å²) in [6.07, 6.45) is 5.17. The molecule has 3 aromatic heterocycles. The van der Waals surface area contributed by atoms with Crippen molar-refractivity contribution in [1.82, 2.24) is 19.9 Å². The summed E-state index contributed by atoms with van der Waals surface area (Å²) in [6, 6.07) is 18.3. The topological polar surface area (TPSA) is 80.2 Å². The van der Waals surface area contributed by atoms with E-state index in [4.69, 9.17) is 14.7 Å². The second-order valence-electron chi connectivity index (χ2n) is 8.14. The Labute approximate surface area is 222 Å². The summed E-state index contributed by atoms with van der Waals surface area (Å²) in [6.45, 7) is 1.37. The van der Waals surface area contributed by atoms with Crippen molar-refractivity contribution in [1.29, 1.82) is 0 Å². The lowest BCUT2D eigenvalue weighted by molar-refractivity contribution is 0.112. The number of aromatic nitrogens is 3. The highest BCUT2D eigenvalue weighted by Gasteiger charge is 2.26. The number of piperidine rings is 1. The van der Waals surface area contributed by atoms with Gasteiger partial charge in [-0.3, -0.25) is 0 Å². The number of carbonyl (C=O) groups excluding carboxylic acids is 1. The van der Waals surface area contributed by atoms with Crippen LogP contribution < -0.4 is 5.32 Å². The first-order chi connectivity index (χ1) is 17.7. The summed E-state index contributed by atoms with van der Waals surface area (Å²) in [5.74, 6) is 1.11. The number of nitrogens with one attached hydrogen (secondary N) is 1. The van der Waals surface area contributed by atoms with Crippen molar-refractivity contribution in [3.05, 3.63) is 78.1 Å². The minimum Gasteiger partial charge on any atom is -0.453 e. The van der Waals surface area contributed by atoms with Crippen LogP contribution in [0, 0.1) is 0 Å². The van der Waals surface area contributed by atoms with Crippen molar-refractivity contribution in [2.45, 2.75) is 38.5 Å². The Bertz CT molecular complexity index is 1300. The fraction of sp³-hybridized carbons (Fsp3) is 0.231. The van der Waals surface area contributed by atoms with Gasteiger partial charge < -0.3 is 15.0 Å². The molecule has 0 unspecified atom stereocenters. The Kier molecular flexibility index (Phi) is 8.04. The van der Waals surface area contributed by atoms with E-state index in [0.717, 1.165) is 49.2 Å². The van der Waals surface area contributed by atoms with Gasteiger partial charge in [0.05, 0.1) is 17.7 Å². The lowest BCUT2D eigenvalue weighted by Crippen LogP contribution is -2.37. The van der Waals surface area contributed by atoms with E-state index < -0.39 is 0 Å². The van der Waals surface area contributed by atoms with Crippen molar-refractivity contribution in [2.24, 2.45) is 0 Å². The zero-order valence-electron chi connectivity index (χ0n) is 19.7. The number of amides is 1. The number of methoxy groups -OCH3 is 1. The molecule has 36 heavy (non-hydrogen) atoms. The molecule has 1 saturated heterocycles. The Morgan fingerprint density at radius 2 is 1.86 bits per heavy atom. The molecule has 1 fully saturated rings. The van der Waals surface area contributed by atoms with Gasteiger partial charge in [-0.05, 0) is 43.2 Å². The number of hydrogen-bond acceptors (Lipinski definition) is 9. The predicted octanol–water partition coefficient (Wildman–Crippen LogP) is 6.92. The maximum atomic E-state index is 11.8. The van der Waals surface area contributed by atoms with Gasteiger partial charge in [-0.2, -0.15) is 0 Å². The molecule has 0 bridgehead atoms. The minimum atomic E-state index is -0.256. The number of hydrogen-bond donors (Lipinski definition) is 1. The van der Waals surface area contributed by atoms with E-state index >= 15 is 0 Å². The van der Waals surface area contributed by atoms with Gasteiger partial charge >= 0.3 is 6.09 Å². The number of carbonyl (C=O) groups is 1. The predicted molar refractivity (Wildman–Crippen MR) is 145 cm³/mol. The fourth-order valence-corrected chi connectivity index (χ4v) is 6.50. The maximum absolute atomic E-state index is 11.8. The SMILES string of the molecule is COC(=O)N1CCC(c2csc(Nc3ncc(Sc4ccccn4)cc3Sc3ccccc3)n2)CC1. The van der Waals surface area contributed by atoms with Crippen molar-refractivity contribution < 1.29 is 9.53 Å². The summed E-state index contributed by atoms with van der Waals surface area (Å²) < 4.78 is 4.85. The molecule has 7 nitrogen and oxygen atoms in total. The van der Waals surface area contributed by atoms with Crippen molar-refractivity contribution in [2.75, 3.05) is 25.5 Å². The molecule has 1 N–H and O–H groups in total. The van der Waals surface area contributed by atoms with Crippen LogP contribution in [0.25, 0.3) is 0 Å². The second-order valence-corrected chi connectivity index (χ2v) is 11.2. The molecule has 5 rings (SSSR count). The average molecular weight is 536 g/mol. The van der Waals surface area contributed by atoms with Crippen LogP contribution >= 0.6 is 34.9 Å². The molecule has 1 aliphatic rings. The summed E-state index contributed by atoms with van der Waals surface area (Å²) in [5, 5.41) is 7.29. The van der Waals surface area contributed by atoms with Crippen LogP contribution in [0.3, 0.4) is 0 Å². The van der Waals surface area contributed by atoms with Gasteiger partial charge in [0.15, 0.2) is 5.13 Å². The lowest BCUT2D eigenvalue weighted by Gasteiger charge is -2.30. The van der Waals surface area contributed by atoms with Crippen LogP contribution in [0.15, 0.2) is 92.1 Å². The van der Waals surface area contributed by atoms with Gasteiger partial charge in [-0.1, -0.05) is 47.8 Å². The Hall–Kier alpha value is -3.08. The maximum Gasteiger partial charge on any atom is 0.409 e. The monoisotopic (exact) mass is 535 g/mol. The second kappa shape index (κ2) is 11.8. The van der Waals surface area contributed by atoms with E-state index in [1.165, 1.54) is 7.11 Å². The van der Waals surface area contributed by atoms with E-state index in [1.54, 1.807) is 46.0 Å². The Morgan fingerprint density at radius 3 is 2.61 bits per heavy atom. The molecule has 184 valence electrons. The first kappa shape index (κ1) is 24.6. The van der Waals surface area contributed by atoms with E-state index in [2.05, 4.69) is 33.9 Å². The Balaban J connectivity index is 1.32. The summed E-state index contributed by atoms with van der Waals surface area (Å²) >= 11 is 4.84. The minimum absolute atomic E-state index is 0.256. The summed E-state index contributed by atoms with van der Waals surface area (Å²) in [4.78, 5) is 30.7. The van der Waals surface area contributed by atoms with Gasteiger partial charge in [0.2, 0.25) is 0 Å². The molecule has 1 amide bonds. The Morgan fingerprint density at radius 1 is 1.06 bits per heavy atom. The smallest absolute Gasteiger partial charge is 0.409 e. The third-order valence-corrected chi connectivity index (χ3v) is 8.48. The van der Waals surface area contributed by atoms with Gasteiger partial charge in [-0.15, -0.1) is 11.3 Å². The van der Waals surface area contributed by atoms with E-state index in [0.29, 0.717) is 19.0 Å². The number of thiazole rings is 1. The molecule has 10 heteroatoms. The van der Waals surface area contributed by atoms with Crippen molar-refractivity contribution in [3.8, 4) is 0 Å². The quantitative estimate of drug-likeness (QED) is 0.273. The summed E-state index contributed by atoms with van der Waals surface area (Å²) in [7, 11) is 1.43. The summed E-state index contributed by atoms with van der Waals surface area (Å²) in [5.41, 5.74) is 1.06. The van der Waals surface area contributed by atoms with Gasteiger partial charge in [0, 0.05) is 46.6 Å². The normalized spacial score (nSPS) is 14.0. The largest absolute Gasteiger partial charge is 0.453 e. The first-order valence-corrected chi connectivity index (χ1v) is 14.1. The number of benzene rings is 1. The molecule has 1 aliphatic heterocycles. The molecule has 0 radical (unpaired) electrons. The zero-order valence-corrected chi connectivity index (χ0v) is 22.1. The van der Waals surface area contributed by atoms with Crippen molar-refractivity contribution >= 4 is 51.9 Å². The van der Waals surface area contributed by atoms with Gasteiger partial charge in [0.1, 0.15) is 10.8 Å². The average Bonchev–Trinajstić information content (AvgIpc) is 3.39. The van der Waals surface area contributed by atoms with Crippen LogP contribution in [0.1, 0.15) is 24.5 Å². The molecular weight excluding hydrogens is 511 g/mol. The van der Waals surface area contributed by atoms with Crippen LogP contribution in [0.4, 0.5) is 15.7 Å². The van der Waals surface area contributed by atoms with Crippen molar-refractivity contribution in [3.63, 3.8) is 0 Å². The molecule has 0 atom stereocenters. The van der Waals surface area contributed by atoms with Gasteiger partial charge in [-0.25, -0.2) is 19.7 Å². The van der Waals surface area contributed by atoms with E-state index in [9.17, 15) is 4.79 Å². The van der Waals surface area contributed by atoms with E-state index in [-0.39, 0.29) is 6.09 Å². The zero-order chi connectivity index (χ0) is 24.7. The molecule has 4 aromatic rings. The highest BCUT2D eigenvalue weighted by atomic mass is 32.2. The number of pyridine rings is 2. The molecule has 0 spiro atoms. The fourth-order valence-electron chi connectivity index (χ4n) is 3.92. The third kappa shape index (κ3) is 6.18. The highest BCUT2D eigenvalue weighted by Crippen LogP contribution is 2.38. The van der Waals surface area contributed by atoms with Crippen LogP contribution in [-0.2, 0) is 4.74 Å². The molecular formula is C26H25N5O2S3. The number of rotatable bonds is 7. The number of nitrogens with zero attached hydrogens (tertiary/aromatic N) is 4. The molecule has 4 heterocycles. The number of anilines is 2. The molecule has 0 aliphatic carbocycles. The van der Waals surface area contributed by atoms with Crippen LogP contribution in [0.2, 0.25) is 0 Å². The molecule has 1 aromatic carbocycles. The number of ether oxygens (including phenoxy) is 1.